The molecular formula is C25H31Cl2N3O3S. The quantitative estimate of drug-likeness (QED) is 0.563. The Kier molecular flexibility index (Phi) is 8.40. The Morgan fingerprint density at radius 2 is 1.53 bits per heavy atom. The highest BCUT2D eigenvalue weighted by Crippen LogP contribution is 2.26. The van der Waals surface area contributed by atoms with E-state index < -0.39 is 10.0 Å². The minimum Gasteiger partial charge on any atom is -0.372 e. The van der Waals surface area contributed by atoms with Crippen LogP contribution in [0.15, 0.2) is 42.5 Å². The Morgan fingerprint density at radius 1 is 0.882 bits per heavy atom. The minimum absolute atomic E-state index is 0.0124. The van der Waals surface area contributed by atoms with Gasteiger partial charge in [0.15, 0.2) is 0 Å². The Morgan fingerprint density at radius 3 is 2.18 bits per heavy atom. The van der Waals surface area contributed by atoms with Crippen molar-refractivity contribution < 1.29 is 13.2 Å². The molecule has 0 aliphatic carbocycles. The molecule has 1 amide bonds. The maximum Gasteiger partial charge on any atom is 0.223 e. The first kappa shape index (κ1) is 25.3. The number of carbonyl (C=O) groups excluding carboxylic acids is 1. The van der Waals surface area contributed by atoms with E-state index >= 15 is 0 Å². The molecule has 4 rings (SSSR count). The average Bonchev–Trinajstić information content (AvgIpc) is 2.85. The van der Waals surface area contributed by atoms with E-state index in [-0.39, 0.29) is 17.6 Å². The molecule has 0 atom stereocenters. The monoisotopic (exact) mass is 523 g/mol. The number of hydrogen-bond acceptors (Lipinski definition) is 4. The smallest absolute Gasteiger partial charge is 0.223 e. The molecule has 2 heterocycles. The fourth-order valence-corrected chi connectivity index (χ4v) is 6.51. The molecule has 0 spiro atoms. The predicted octanol–water partition coefficient (Wildman–Crippen LogP) is 4.84. The van der Waals surface area contributed by atoms with Crippen molar-refractivity contribution in [3.8, 4) is 0 Å². The summed E-state index contributed by atoms with van der Waals surface area (Å²) in [6, 6.07) is 13.3. The summed E-state index contributed by atoms with van der Waals surface area (Å²) in [5.74, 6) is -0.320. The molecule has 2 aromatic carbocycles. The van der Waals surface area contributed by atoms with Crippen molar-refractivity contribution in [2.45, 2.75) is 44.4 Å². The van der Waals surface area contributed by atoms with Gasteiger partial charge in [0.25, 0.3) is 0 Å². The van der Waals surface area contributed by atoms with E-state index in [0.29, 0.717) is 48.1 Å². The van der Waals surface area contributed by atoms with Gasteiger partial charge >= 0.3 is 0 Å². The van der Waals surface area contributed by atoms with E-state index in [1.54, 1.807) is 18.2 Å². The van der Waals surface area contributed by atoms with Crippen LogP contribution in [0.5, 0.6) is 0 Å². The lowest BCUT2D eigenvalue weighted by molar-refractivity contribution is -0.126. The normalized spacial score (nSPS) is 18.1. The molecular weight excluding hydrogens is 493 g/mol. The molecule has 2 fully saturated rings. The number of benzene rings is 2. The fraction of sp³-hybridized carbons (Fsp3) is 0.480. The summed E-state index contributed by atoms with van der Waals surface area (Å²) in [5.41, 5.74) is 2.90. The van der Waals surface area contributed by atoms with Crippen molar-refractivity contribution in [3.05, 3.63) is 63.6 Å². The van der Waals surface area contributed by atoms with E-state index in [9.17, 15) is 13.2 Å². The highest BCUT2D eigenvalue weighted by Gasteiger charge is 2.31. The van der Waals surface area contributed by atoms with Crippen LogP contribution in [0.3, 0.4) is 0 Å². The first-order chi connectivity index (χ1) is 16.3. The summed E-state index contributed by atoms with van der Waals surface area (Å²) in [5, 5.41) is 3.76. The van der Waals surface area contributed by atoms with Gasteiger partial charge in [-0.1, -0.05) is 41.4 Å². The minimum atomic E-state index is -3.49. The number of hydrogen-bond donors (Lipinski definition) is 1. The molecule has 2 saturated heterocycles. The Bertz CT molecular complexity index is 1090. The van der Waals surface area contributed by atoms with Crippen LogP contribution in [-0.4, -0.2) is 44.8 Å². The average molecular weight is 525 g/mol. The SMILES string of the molecule is O=C(NCc1ccc(N2CCCCC2)cc1)C1CCN(S(=O)(=O)Cc2ccc(Cl)c(Cl)c2)CC1. The van der Waals surface area contributed by atoms with Gasteiger partial charge in [-0.25, -0.2) is 12.7 Å². The third-order valence-corrected chi connectivity index (χ3v) is 9.26. The van der Waals surface area contributed by atoms with Crippen LogP contribution in [0.25, 0.3) is 0 Å². The molecule has 2 aliphatic rings. The number of nitrogens with one attached hydrogen (secondary N) is 1. The second-order valence-electron chi connectivity index (χ2n) is 9.11. The highest BCUT2D eigenvalue weighted by atomic mass is 35.5. The second kappa shape index (κ2) is 11.3. The van der Waals surface area contributed by atoms with Crippen molar-refractivity contribution in [2.24, 2.45) is 5.92 Å². The zero-order valence-corrected chi connectivity index (χ0v) is 21.5. The first-order valence-electron chi connectivity index (χ1n) is 11.9. The number of amides is 1. The number of sulfonamides is 1. The summed E-state index contributed by atoms with van der Waals surface area (Å²) < 4.78 is 27.1. The van der Waals surface area contributed by atoms with Gasteiger partial charge in [-0.2, -0.15) is 0 Å². The van der Waals surface area contributed by atoms with Crippen LogP contribution in [0.1, 0.15) is 43.2 Å². The summed E-state index contributed by atoms with van der Waals surface area (Å²) in [6.45, 7) is 3.38. The van der Waals surface area contributed by atoms with Crippen LogP contribution in [0.2, 0.25) is 10.0 Å². The largest absolute Gasteiger partial charge is 0.372 e. The maximum atomic E-state index is 12.8. The van der Waals surface area contributed by atoms with Gasteiger partial charge in [0.1, 0.15) is 0 Å². The standard InChI is InChI=1S/C25H31Cl2N3O3S/c26-23-9-6-20(16-24(23)27)18-34(32,33)30-14-10-21(11-15-30)25(31)28-17-19-4-7-22(8-5-19)29-12-2-1-3-13-29/h4-9,16,21H,1-3,10-15,17-18H2,(H,28,31). The Balaban J connectivity index is 1.24. The van der Waals surface area contributed by atoms with Crippen molar-refractivity contribution in [2.75, 3.05) is 31.1 Å². The number of halogens is 2. The van der Waals surface area contributed by atoms with Crippen LogP contribution in [-0.2, 0) is 27.1 Å². The summed E-state index contributed by atoms with van der Waals surface area (Å²) in [7, 11) is -3.49. The van der Waals surface area contributed by atoms with E-state index in [2.05, 4.69) is 34.5 Å². The van der Waals surface area contributed by atoms with Gasteiger partial charge in [0, 0.05) is 44.3 Å². The third kappa shape index (κ3) is 6.45. The number of carbonyl (C=O) groups is 1. The van der Waals surface area contributed by atoms with Gasteiger partial charge in [-0.15, -0.1) is 0 Å². The first-order valence-corrected chi connectivity index (χ1v) is 14.2. The lowest BCUT2D eigenvalue weighted by atomic mass is 9.97. The van der Waals surface area contributed by atoms with Gasteiger partial charge in [0.05, 0.1) is 15.8 Å². The molecule has 0 radical (unpaired) electrons. The molecule has 0 aromatic heterocycles. The van der Waals surface area contributed by atoms with Crippen LogP contribution in [0.4, 0.5) is 5.69 Å². The molecule has 184 valence electrons. The molecule has 6 nitrogen and oxygen atoms in total. The maximum absolute atomic E-state index is 12.8. The molecule has 1 N–H and O–H groups in total. The van der Waals surface area contributed by atoms with Crippen molar-refractivity contribution in [3.63, 3.8) is 0 Å². The van der Waals surface area contributed by atoms with E-state index in [1.807, 2.05) is 0 Å². The molecule has 9 heteroatoms. The fourth-order valence-electron chi connectivity index (χ4n) is 4.64. The zero-order chi connectivity index (χ0) is 24.1. The van der Waals surface area contributed by atoms with E-state index in [4.69, 9.17) is 23.2 Å². The van der Waals surface area contributed by atoms with Crippen LogP contribution in [0, 0.1) is 5.92 Å². The topological polar surface area (TPSA) is 69.7 Å². The van der Waals surface area contributed by atoms with Crippen molar-refractivity contribution >= 4 is 44.8 Å². The Hall–Kier alpha value is -1.80. The molecule has 2 aliphatic heterocycles. The van der Waals surface area contributed by atoms with Crippen LogP contribution >= 0.6 is 23.2 Å². The van der Waals surface area contributed by atoms with E-state index in [1.165, 1.54) is 29.3 Å². The van der Waals surface area contributed by atoms with Gasteiger partial charge in [-0.05, 0) is 67.5 Å². The molecule has 0 unspecified atom stereocenters. The molecule has 0 bridgehead atoms. The third-order valence-electron chi connectivity index (χ3n) is 6.68. The molecule has 2 aromatic rings. The zero-order valence-electron chi connectivity index (χ0n) is 19.2. The summed E-state index contributed by atoms with van der Waals surface area (Å²) in [6.07, 6.45) is 4.82. The number of piperidine rings is 2. The molecule has 34 heavy (non-hydrogen) atoms. The highest BCUT2D eigenvalue weighted by molar-refractivity contribution is 7.88. The van der Waals surface area contributed by atoms with Crippen molar-refractivity contribution in [1.82, 2.24) is 9.62 Å². The lowest BCUT2D eigenvalue weighted by Crippen LogP contribution is -2.43. The number of rotatable bonds is 7. The van der Waals surface area contributed by atoms with E-state index in [0.717, 1.165) is 18.7 Å². The Labute approximate surface area is 212 Å². The van der Waals surface area contributed by atoms with Crippen molar-refractivity contribution in [1.29, 1.82) is 0 Å². The molecule has 0 saturated carbocycles. The number of anilines is 1. The van der Waals surface area contributed by atoms with Gasteiger partial charge < -0.3 is 10.2 Å². The number of nitrogens with zero attached hydrogens (tertiary/aromatic N) is 2. The summed E-state index contributed by atoms with van der Waals surface area (Å²) >= 11 is 11.9. The summed E-state index contributed by atoms with van der Waals surface area (Å²) in [4.78, 5) is 15.1. The lowest BCUT2D eigenvalue weighted by Gasteiger charge is -2.30. The van der Waals surface area contributed by atoms with Gasteiger partial charge in [-0.3, -0.25) is 4.79 Å². The second-order valence-corrected chi connectivity index (χ2v) is 11.9. The van der Waals surface area contributed by atoms with Crippen LogP contribution < -0.4 is 10.2 Å². The predicted molar refractivity (Wildman–Crippen MR) is 138 cm³/mol. The van der Waals surface area contributed by atoms with Gasteiger partial charge in [0.2, 0.25) is 15.9 Å².